The molecule has 182 valence electrons. The highest BCUT2D eigenvalue weighted by Gasteiger charge is 2.19. The van der Waals surface area contributed by atoms with Crippen molar-refractivity contribution < 1.29 is 32.4 Å². The van der Waals surface area contributed by atoms with E-state index in [1.54, 1.807) is 12.1 Å². The first-order chi connectivity index (χ1) is 16.6. The molecule has 0 saturated carbocycles. The van der Waals surface area contributed by atoms with Crippen molar-refractivity contribution in [1.82, 2.24) is 0 Å². The van der Waals surface area contributed by atoms with Gasteiger partial charge in [-0.15, -0.1) is 0 Å². The number of nitrogens with zero attached hydrogens (tertiary/aromatic N) is 1. The molecule has 0 radical (unpaired) electrons. The summed E-state index contributed by atoms with van der Waals surface area (Å²) in [6.45, 7) is 0. The van der Waals surface area contributed by atoms with Crippen LogP contribution in [0.4, 0.5) is 17.1 Å². The van der Waals surface area contributed by atoms with Gasteiger partial charge in [0.15, 0.2) is 5.78 Å². The third-order valence-corrected chi connectivity index (χ3v) is 6.20. The standard InChI is InChI=1S/C23H21N3O8S/c1-33-18-9-5-16(6-10-18)25-35(31,32)19-11-12-22(34-2)20(13-19)24-23(28)14-21(27)15-3-7-17(8-4-15)26(29)30/h3-13,25H,14H2,1-2H3,(H,24,28). The second-order valence-electron chi connectivity index (χ2n) is 7.15. The summed E-state index contributed by atoms with van der Waals surface area (Å²) in [7, 11) is -1.18. The molecule has 0 aliphatic carbocycles. The van der Waals surface area contributed by atoms with Gasteiger partial charge in [-0.25, -0.2) is 8.42 Å². The van der Waals surface area contributed by atoms with Crippen LogP contribution in [-0.4, -0.2) is 39.3 Å². The number of anilines is 2. The lowest BCUT2D eigenvalue weighted by Gasteiger charge is -2.13. The molecule has 0 aliphatic rings. The van der Waals surface area contributed by atoms with E-state index in [1.165, 1.54) is 56.7 Å². The molecular weight excluding hydrogens is 478 g/mol. The van der Waals surface area contributed by atoms with Gasteiger partial charge in [-0.1, -0.05) is 0 Å². The Morgan fingerprint density at radius 3 is 2.17 bits per heavy atom. The summed E-state index contributed by atoms with van der Waals surface area (Å²) in [4.78, 5) is 34.9. The number of amides is 1. The van der Waals surface area contributed by atoms with Gasteiger partial charge < -0.3 is 14.8 Å². The van der Waals surface area contributed by atoms with Crippen molar-refractivity contribution in [2.45, 2.75) is 11.3 Å². The number of benzene rings is 3. The second-order valence-corrected chi connectivity index (χ2v) is 8.83. The average molecular weight is 500 g/mol. The molecule has 3 rings (SSSR count). The number of Topliss-reactive ketones (excluding diaryl/α,β-unsaturated/α-hetero) is 1. The highest BCUT2D eigenvalue weighted by atomic mass is 32.2. The second kappa shape index (κ2) is 10.7. The van der Waals surface area contributed by atoms with Crippen LogP contribution in [-0.2, 0) is 14.8 Å². The van der Waals surface area contributed by atoms with E-state index in [9.17, 15) is 28.1 Å². The number of carbonyl (C=O) groups excluding carboxylic acids is 2. The Morgan fingerprint density at radius 2 is 1.60 bits per heavy atom. The fourth-order valence-corrected chi connectivity index (χ4v) is 4.12. The van der Waals surface area contributed by atoms with Crippen molar-refractivity contribution in [2.75, 3.05) is 24.3 Å². The first kappa shape index (κ1) is 25.2. The Balaban J connectivity index is 1.75. The van der Waals surface area contributed by atoms with E-state index in [0.29, 0.717) is 11.4 Å². The summed E-state index contributed by atoms with van der Waals surface area (Å²) in [5, 5.41) is 13.2. The molecule has 3 aromatic carbocycles. The topological polar surface area (TPSA) is 154 Å². The molecule has 1 amide bonds. The van der Waals surface area contributed by atoms with Crippen LogP contribution >= 0.6 is 0 Å². The van der Waals surface area contributed by atoms with Gasteiger partial charge in [0.25, 0.3) is 15.7 Å². The largest absolute Gasteiger partial charge is 0.497 e. The summed E-state index contributed by atoms with van der Waals surface area (Å²) >= 11 is 0. The number of ketones is 1. The summed E-state index contributed by atoms with van der Waals surface area (Å²) in [5.74, 6) is -0.541. The molecule has 0 spiro atoms. The Kier molecular flexibility index (Phi) is 7.66. The quantitative estimate of drug-likeness (QED) is 0.186. The third-order valence-electron chi connectivity index (χ3n) is 4.82. The molecule has 0 aromatic heterocycles. The van der Waals surface area contributed by atoms with Gasteiger partial charge in [-0.3, -0.25) is 24.4 Å². The van der Waals surface area contributed by atoms with Crippen LogP contribution in [0, 0.1) is 10.1 Å². The highest BCUT2D eigenvalue weighted by molar-refractivity contribution is 7.92. The third kappa shape index (κ3) is 6.32. The summed E-state index contributed by atoms with van der Waals surface area (Å²) in [6, 6.07) is 15.0. The number of rotatable bonds is 10. The summed E-state index contributed by atoms with van der Waals surface area (Å²) in [5.41, 5.74) is 0.294. The van der Waals surface area contributed by atoms with Crippen LogP contribution in [0.2, 0.25) is 0 Å². The summed E-state index contributed by atoms with van der Waals surface area (Å²) < 4.78 is 38.3. The smallest absolute Gasteiger partial charge is 0.269 e. The molecule has 12 heteroatoms. The van der Waals surface area contributed by atoms with E-state index in [0.717, 1.165) is 12.1 Å². The van der Waals surface area contributed by atoms with E-state index < -0.39 is 33.1 Å². The number of methoxy groups -OCH3 is 2. The lowest BCUT2D eigenvalue weighted by Crippen LogP contribution is -2.18. The van der Waals surface area contributed by atoms with Crippen LogP contribution in [0.25, 0.3) is 0 Å². The number of nitro benzene ring substituents is 1. The number of nitrogens with one attached hydrogen (secondary N) is 2. The Hall–Kier alpha value is -4.45. The number of carbonyl (C=O) groups is 2. The zero-order valence-corrected chi connectivity index (χ0v) is 19.5. The van der Waals surface area contributed by atoms with Gasteiger partial charge >= 0.3 is 0 Å². The minimum atomic E-state index is -4.01. The number of nitro groups is 1. The van der Waals surface area contributed by atoms with Gasteiger partial charge in [0.2, 0.25) is 5.91 Å². The molecule has 0 bridgehead atoms. The van der Waals surface area contributed by atoms with Gasteiger partial charge in [0.05, 0.1) is 36.1 Å². The van der Waals surface area contributed by atoms with Gasteiger partial charge in [-0.2, -0.15) is 0 Å². The van der Waals surface area contributed by atoms with Gasteiger partial charge in [-0.05, 0) is 54.6 Å². The minimum Gasteiger partial charge on any atom is -0.497 e. The predicted molar refractivity (Wildman–Crippen MR) is 127 cm³/mol. The number of ether oxygens (including phenoxy) is 2. The van der Waals surface area contributed by atoms with Crippen LogP contribution < -0.4 is 19.5 Å². The molecule has 0 atom stereocenters. The SMILES string of the molecule is COc1ccc(NS(=O)(=O)c2ccc(OC)c(NC(=O)CC(=O)c3ccc([N+](=O)[O-])cc3)c2)cc1. The molecule has 0 saturated heterocycles. The van der Waals surface area contributed by atoms with Crippen molar-refractivity contribution in [3.63, 3.8) is 0 Å². The Morgan fingerprint density at radius 1 is 0.943 bits per heavy atom. The lowest BCUT2D eigenvalue weighted by molar-refractivity contribution is -0.384. The van der Waals surface area contributed by atoms with E-state index in [4.69, 9.17) is 9.47 Å². The molecular formula is C23H21N3O8S. The van der Waals surface area contributed by atoms with Crippen molar-refractivity contribution in [3.05, 3.63) is 82.4 Å². The molecule has 35 heavy (non-hydrogen) atoms. The van der Waals surface area contributed by atoms with Crippen molar-refractivity contribution in [2.24, 2.45) is 0 Å². The maximum atomic E-state index is 12.8. The average Bonchev–Trinajstić information content (AvgIpc) is 2.84. The fraction of sp³-hybridized carbons (Fsp3) is 0.130. The molecule has 11 nitrogen and oxygen atoms in total. The molecule has 0 unspecified atom stereocenters. The van der Waals surface area contributed by atoms with Crippen molar-refractivity contribution in [1.29, 1.82) is 0 Å². The van der Waals surface area contributed by atoms with E-state index >= 15 is 0 Å². The van der Waals surface area contributed by atoms with Crippen molar-refractivity contribution >= 4 is 38.8 Å². The minimum absolute atomic E-state index is 0.0478. The monoisotopic (exact) mass is 499 g/mol. The number of non-ortho nitro benzene ring substituents is 1. The molecule has 0 fully saturated rings. The molecule has 0 aliphatic heterocycles. The van der Waals surface area contributed by atoms with Gasteiger partial charge in [0, 0.05) is 23.4 Å². The van der Waals surface area contributed by atoms with E-state index in [-0.39, 0.29) is 27.6 Å². The Bertz CT molecular complexity index is 1350. The number of hydrogen-bond donors (Lipinski definition) is 2. The van der Waals surface area contributed by atoms with Crippen LogP contribution in [0.5, 0.6) is 11.5 Å². The highest BCUT2D eigenvalue weighted by Crippen LogP contribution is 2.29. The van der Waals surface area contributed by atoms with E-state index in [2.05, 4.69) is 10.0 Å². The first-order valence-corrected chi connectivity index (χ1v) is 11.5. The van der Waals surface area contributed by atoms with E-state index in [1.807, 2.05) is 0 Å². The molecule has 3 aromatic rings. The van der Waals surface area contributed by atoms with Gasteiger partial charge in [0.1, 0.15) is 11.5 Å². The zero-order chi connectivity index (χ0) is 25.6. The lowest BCUT2D eigenvalue weighted by atomic mass is 10.1. The molecule has 2 N–H and O–H groups in total. The van der Waals surface area contributed by atoms with Crippen LogP contribution in [0.1, 0.15) is 16.8 Å². The number of hydrogen-bond acceptors (Lipinski definition) is 8. The van der Waals surface area contributed by atoms with Crippen LogP contribution in [0.3, 0.4) is 0 Å². The van der Waals surface area contributed by atoms with Crippen molar-refractivity contribution in [3.8, 4) is 11.5 Å². The maximum Gasteiger partial charge on any atom is 0.269 e. The number of sulfonamides is 1. The normalized spacial score (nSPS) is 10.8. The zero-order valence-electron chi connectivity index (χ0n) is 18.7. The fourth-order valence-electron chi connectivity index (χ4n) is 3.04. The van der Waals surface area contributed by atoms with Crippen LogP contribution in [0.15, 0.2) is 71.6 Å². The maximum absolute atomic E-state index is 12.8. The first-order valence-electron chi connectivity index (χ1n) is 10.1. The summed E-state index contributed by atoms with van der Waals surface area (Å²) in [6.07, 6.45) is -0.567. The molecule has 0 heterocycles. The predicted octanol–water partition coefficient (Wildman–Crippen LogP) is 3.62. The Labute approximate surface area is 200 Å².